The maximum atomic E-state index is 12.7. The molecule has 0 heterocycles. The first kappa shape index (κ1) is 58.4. The van der Waals surface area contributed by atoms with E-state index in [2.05, 4.69) is 43.4 Å². The minimum absolute atomic E-state index is 0.0514. The van der Waals surface area contributed by atoms with E-state index in [1.54, 1.807) is 6.08 Å². The molecular formula is C50H88NO9P. The maximum absolute atomic E-state index is 12.7. The van der Waals surface area contributed by atoms with E-state index in [1.165, 1.54) is 83.5 Å². The molecule has 0 aliphatic heterocycles. The van der Waals surface area contributed by atoms with Crippen LogP contribution < -0.4 is 4.89 Å². The molecule has 0 aliphatic carbocycles. The highest BCUT2D eigenvalue weighted by Crippen LogP contribution is 2.38. The second-order valence-electron chi connectivity index (χ2n) is 16.9. The molecule has 0 saturated heterocycles. The largest absolute Gasteiger partial charge is 0.756 e. The molecule has 0 radical (unpaired) electrons. The Bertz CT molecular complexity index is 1280. The Morgan fingerprint density at radius 1 is 0.607 bits per heavy atom. The Morgan fingerprint density at radius 2 is 1.10 bits per heavy atom. The lowest BCUT2D eigenvalue weighted by molar-refractivity contribution is -0.870. The van der Waals surface area contributed by atoms with Crippen molar-refractivity contribution in [1.29, 1.82) is 0 Å². The zero-order chi connectivity index (χ0) is 45.1. The number of nitrogens with zero attached hydrogens (tertiary/aromatic N) is 1. The standard InChI is InChI=1S/C50H88NO9P/c1-6-8-9-10-11-12-13-14-15-16-17-18-19-23-26-29-32-35-38-41-49(53)57-45-48(46-59-61(55,56)58-44-43-51(3,4)5)60-50(54)42-39-36-33-30-27-24-21-20-22-25-28-31-34-37-40-47(52)7-2/h14-15,21-22,24-25,30-31,33-34,37,40,47-48,52H,6-13,16-20,23,26-29,32,35-36,38-39,41-46H2,1-5H3/b15-14-,24-21-,25-22-,33-30-,34-31-,40-37+/t47-,48-/m1/s1. The minimum Gasteiger partial charge on any atom is -0.756 e. The first-order valence-corrected chi connectivity index (χ1v) is 25.2. The molecule has 0 aliphatic rings. The minimum atomic E-state index is -4.66. The zero-order valence-corrected chi connectivity index (χ0v) is 40.1. The van der Waals surface area contributed by atoms with Gasteiger partial charge >= 0.3 is 11.9 Å². The Hall–Kier alpha value is -2.59. The average molecular weight is 878 g/mol. The van der Waals surface area contributed by atoms with E-state index in [0.717, 1.165) is 38.5 Å². The van der Waals surface area contributed by atoms with Crippen molar-refractivity contribution in [1.82, 2.24) is 0 Å². The number of aliphatic hydroxyl groups excluding tert-OH is 1. The normalized spacial score (nSPS) is 14.7. The van der Waals surface area contributed by atoms with Gasteiger partial charge in [0, 0.05) is 12.8 Å². The van der Waals surface area contributed by atoms with Crippen molar-refractivity contribution in [3.05, 3.63) is 72.9 Å². The molecule has 0 fully saturated rings. The summed E-state index contributed by atoms with van der Waals surface area (Å²) in [5.74, 6) is -0.927. The summed E-state index contributed by atoms with van der Waals surface area (Å²) in [7, 11) is 1.10. The summed E-state index contributed by atoms with van der Waals surface area (Å²) in [6.45, 7) is 3.81. The number of hydrogen-bond donors (Lipinski definition) is 1. The number of carbonyl (C=O) groups excluding carboxylic acids is 2. The van der Waals surface area contributed by atoms with E-state index in [-0.39, 0.29) is 32.2 Å². The molecule has 352 valence electrons. The van der Waals surface area contributed by atoms with E-state index in [4.69, 9.17) is 18.5 Å². The predicted molar refractivity (Wildman–Crippen MR) is 251 cm³/mol. The van der Waals surface area contributed by atoms with Crippen molar-refractivity contribution >= 4 is 19.8 Å². The van der Waals surface area contributed by atoms with Crippen LogP contribution >= 0.6 is 7.82 Å². The smallest absolute Gasteiger partial charge is 0.306 e. The topological polar surface area (TPSA) is 131 Å². The fourth-order valence-corrected chi connectivity index (χ4v) is 6.72. The van der Waals surface area contributed by atoms with Gasteiger partial charge < -0.3 is 33.0 Å². The lowest BCUT2D eigenvalue weighted by atomic mass is 10.1. The summed E-state index contributed by atoms with van der Waals surface area (Å²) in [6.07, 6.45) is 48.9. The molecular weight excluding hydrogens is 790 g/mol. The van der Waals surface area contributed by atoms with Crippen LogP contribution in [0.5, 0.6) is 0 Å². The van der Waals surface area contributed by atoms with Gasteiger partial charge in [-0.1, -0.05) is 164 Å². The van der Waals surface area contributed by atoms with Crippen molar-refractivity contribution in [3.8, 4) is 0 Å². The van der Waals surface area contributed by atoms with E-state index >= 15 is 0 Å². The molecule has 0 rings (SSSR count). The third kappa shape index (κ3) is 45.3. The molecule has 61 heavy (non-hydrogen) atoms. The molecule has 0 spiro atoms. The van der Waals surface area contributed by atoms with Gasteiger partial charge in [-0.15, -0.1) is 0 Å². The van der Waals surface area contributed by atoms with Crippen molar-refractivity contribution in [2.45, 2.75) is 187 Å². The molecule has 10 nitrogen and oxygen atoms in total. The van der Waals surface area contributed by atoms with Crippen molar-refractivity contribution in [2.75, 3.05) is 47.5 Å². The molecule has 0 aromatic rings. The lowest BCUT2D eigenvalue weighted by Crippen LogP contribution is -2.37. The van der Waals surface area contributed by atoms with Gasteiger partial charge in [0.1, 0.15) is 19.8 Å². The third-order valence-corrected chi connectivity index (χ3v) is 10.8. The highest BCUT2D eigenvalue weighted by Gasteiger charge is 2.21. The van der Waals surface area contributed by atoms with Crippen molar-refractivity contribution in [3.63, 3.8) is 0 Å². The zero-order valence-electron chi connectivity index (χ0n) is 39.2. The number of quaternary nitrogens is 1. The van der Waals surface area contributed by atoms with Gasteiger partial charge in [0.05, 0.1) is 33.9 Å². The van der Waals surface area contributed by atoms with Crippen LogP contribution in [0.15, 0.2) is 72.9 Å². The van der Waals surface area contributed by atoms with E-state index < -0.39 is 32.5 Å². The number of rotatable bonds is 42. The first-order valence-electron chi connectivity index (χ1n) is 23.8. The van der Waals surface area contributed by atoms with Gasteiger partial charge in [0.2, 0.25) is 0 Å². The van der Waals surface area contributed by atoms with E-state index in [0.29, 0.717) is 36.7 Å². The Balaban J connectivity index is 4.42. The number of unbranched alkanes of at least 4 members (excludes halogenated alkanes) is 16. The SMILES string of the molecule is CCCCCCCC/C=C\CCCCCCCCCCCC(=O)OC[C@H](COP(=O)([O-])OCC[N+](C)(C)C)OC(=O)CCC/C=C\C/C=C\C/C=C\C/C=C\C=C\[C@H](O)CC. The number of ether oxygens (including phenoxy) is 2. The Kier molecular flexibility index (Phi) is 39.7. The molecule has 0 aromatic heterocycles. The second-order valence-corrected chi connectivity index (χ2v) is 18.3. The molecule has 3 atom stereocenters. The van der Waals surface area contributed by atoms with Gasteiger partial charge in [-0.2, -0.15) is 0 Å². The summed E-state index contributed by atoms with van der Waals surface area (Å²) >= 11 is 0. The fourth-order valence-electron chi connectivity index (χ4n) is 5.99. The molecule has 0 amide bonds. The van der Waals surface area contributed by atoms with Gasteiger partial charge in [-0.05, 0) is 70.6 Å². The summed E-state index contributed by atoms with van der Waals surface area (Å²) < 4.78 is 33.9. The lowest BCUT2D eigenvalue weighted by Gasteiger charge is -2.28. The van der Waals surface area contributed by atoms with Crippen LogP contribution in [-0.2, 0) is 32.7 Å². The highest BCUT2D eigenvalue weighted by molar-refractivity contribution is 7.45. The molecule has 0 saturated carbocycles. The monoisotopic (exact) mass is 878 g/mol. The number of carbonyl (C=O) groups is 2. The van der Waals surface area contributed by atoms with Crippen molar-refractivity contribution in [2.24, 2.45) is 0 Å². The molecule has 1 unspecified atom stereocenters. The Morgan fingerprint density at radius 3 is 1.67 bits per heavy atom. The van der Waals surface area contributed by atoms with E-state index in [9.17, 15) is 24.2 Å². The highest BCUT2D eigenvalue weighted by atomic mass is 31.2. The average Bonchev–Trinajstić information content (AvgIpc) is 3.21. The van der Waals surface area contributed by atoms with Crippen LogP contribution in [-0.4, -0.2) is 81.2 Å². The van der Waals surface area contributed by atoms with Crippen LogP contribution in [0.2, 0.25) is 0 Å². The molecule has 0 bridgehead atoms. The second kappa shape index (κ2) is 41.4. The van der Waals surface area contributed by atoms with E-state index in [1.807, 2.05) is 58.4 Å². The number of aliphatic hydroxyl groups is 1. The van der Waals surface area contributed by atoms with Crippen LogP contribution in [0.1, 0.15) is 174 Å². The molecule has 0 aromatic carbocycles. The predicted octanol–water partition coefficient (Wildman–Crippen LogP) is 12.1. The molecule has 1 N–H and O–H groups in total. The van der Waals surface area contributed by atoms with Crippen LogP contribution in [0.4, 0.5) is 0 Å². The quantitative estimate of drug-likeness (QED) is 0.0159. The van der Waals surface area contributed by atoms with Gasteiger partial charge in [-0.3, -0.25) is 14.2 Å². The fraction of sp³-hybridized carbons (Fsp3) is 0.720. The summed E-state index contributed by atoms with van der Waals surface area (Å²) in [4.78, 5) is 37.6. The van der Waals surface area contributed by atoms with Gasteiger partial charge in [0.15, 0.2) is 6.10 Å². The summed E-state index contributed by atoms with van der Waals surface area (Å²) in [5.41, 5.74) is 0. The van der Waals surface area contributed by atoms with Crippen LogP contribution in [0, 0.1) is 0 Å². The third-order valence-electron chi connectivity index (χ3n) is 9.87. The number of phosphoric acid groups is 1. The number of hydrogen-bond acceptors (Lipinski definition) is 9. The maximum Gasteiger partial charge on any atom is 0.306 e. The van der Waals surface area contributed by atoms with Gasteiger partial charge in [0.25, 0.3) is 7.82 Å². The van der Waals surface area contributed by atoms with Crippen molar-refractivity contribution < 1.29 is 47.2 Å². The first-order chi connectivity index (χ1) is 29.4. The summed E-state index contributed by atoms with van der Waals surface area (Å²) in [5, 5.41) is 9.49. The van der Waals surface area contributed by atoms with Crippen LogP contribution in [0.25, 0.3) is 0 Å². The van der Waals surface area contributed by atoms with Crippen LogP contribution in [0.3, 0.4) is 0 Å². The number of allylic oxidation sites excluding steroid dienone is 11. The Labute approximate surface area is 372 Å². The van der Waals surface area contributed by atoms with Gasteiger partial charge in [-0.25, -0.2) is 0 Å². The number of phosphoric ester groups is 1. The number of likely N-dealkylation sites (N-methyl/N-ethyl adjacent to an activating group) is 1. The number of esters is 2. The summed E-state index contributed by atoms with van der Waals surface area (Å²) in [6, 6.07) is 0. The molecule has 11 heteroatoms.